The molecule has 0 spiro atoms. The summed E-state index contributed by atoms with van der Waals surface area (Å²) in [6, 6.07) is 14.3. The van der Waals surface area contributed by atoms with Crippen LogP contribution in [0.25, 0.3) is 11.3 Å². The van der Waals surface area contributed by atoms with Crippen LogP contribution in [0.15, 0.2) is 58.4 Å². The van der Waals surface area contributed by atoms with Gasteiger partial charge in [-0.05, 0) is 18.2 Å². The number of benzene rings is 2. The lowest BCUT2D eigenvalue weighted by molar-refractivity contribution is 0.102. The molecule has 0 saturated carbocycles. The third kappa shape index (κ3) is 4.44. The van der Waals surface area contributed by atoms with Crippen molar-refractivity contribution in [2.75, 3.05) is 5.32 Å². The summed E-state index contributed by atoms with van der Waals surface area (Å²) in [5.74, 6) is 0.940. The number of rotatable bonds is 6. The van der Waals surface area contributed by atoms with Gasteiger partial charge < -0.3 is 9.26 Å². The van der Waals surface area contributed by atoms with Crippen LogP contribution in [0.2, 0.25) is 5.02 Å². The van der Waals surface area contributed by atoms with Crippen molar-refractivity contribution >= 4 is 34.0 Å². The van der Waals surface area contributed by atoms with Gasteiger partial charge in [0.25, 0.3) is 5.91 Å². The van der Waals surface area contributed by atoms with E-state index in [1.807, 2.05) is 23.6 Å². The molecule has 2 aromatic carbocycles. The Hall–Kier alpha value is -3.23. The summed E-state index contributed by atoms with van der Waals surface area (Å²) < 4.78 is 10.6. The van der Waals surface area contributed by atoms with Crippen molar-refractivity contribution < 1.29 is 14.1 Å². The van der Waals surface area contributed by atoms with Gasteiger partial charge in [-0.15, -0.1) is 11.3 Å². The summed E-state index contributed by atoms with van der Waals surface area (Å²) in [5.41, 5.74) is 1.89. The summed E-state index contributed by atoms with van der Waals surface area (Å²) in [4.78, 5) is 21.3. The number of halogens is 1. The molecule has 0 bridgehead atoms. The Morgan fingerprint density at radius 1 is 1.17 bits per heavy atom. The van der Waals surface area contributed by atoms with E-state index in [0.717, 1.165) is 5.56 Å². The molecule has 4 rings (SSSR count). The van der Waals surface area contributed by atoms with Crippen LogP contribution in [0, 0.1) is 6.92 Å². The van der Waals surface area contributed by atoms with Crippen molar-refractivity contribution in [2.24, 2.45) is 0 Å². The van der Waals surface area contributed by atoms with E-state index >= 15 is 0 Å². The normalized spacial score (nSPS) is 10.7. The Balaban J connectivity index is 1.48. The quantitative estimate of drug-likeness (QED) is 0.467. The average Bonchev–Trinajstić information content (AvgIpc) is 3.36. The molecule has 0 aliphatic heterocycles. The molecule has 0 atom stereocenters. The van der Waals surface area contributed by atoms with Crippen LogP contribution in [0.5, 0.6) is 5.75 Å². The number of carbonyl (C=O) groups excluding carboxylic acids is 1. The minimum Gasteiger partial charge on any atom is -0.485 e. The minimum atomic E-state index is -0.329. The topological polar surface area (TPSA) is 90.1 Å². The van der Waals surface area contributed by atoms with E-state index in [4.69, 9.17) is 20.9 Å². The predicted molar refractivity (Wildman–Crippen MR) is 110 cm³/mol. The van der Waals surface area contributed by atoms with Crippen molar-refractivity contribution in [1.82, 2.24) is 15.1 Å². The molecule has 0 unspecified atom stereocenters. The van der Waals surface area contributed by atoms with E-state index in [1.54, 1.807) is 37.3 Å². The Kier molecular flexibility index (Phi) is 5.55. The van der Waals surface area contributed by atoms with Crippen LogP contribution in [0.3, 0.4) is 0 Å². The van der Waals surface area contributed by atoms with Gasteiger partial charge in [0.05, 0.1) is 11.3 Å². The number of thiazole rings is 1. The molecule has 9 heteroatoms. The van der Waals surface area contributed by atoms with Crippen LogP contribution >= 0.6 is 22.9 Å². The Morgan fingerprint density at radius 3 is 2.76 bits per heavy atom. The predicted octanol–water partition coefficient (Wildman–Crippen LogP) is 4.99. The fraction of sp³-hybridized carbons (Fsp3) is 0.100. The number of anilines is 1. The van der Waals surface area contributed by atoms with E-state index in [-0.39, 0.29) is 12.5 Å². The Bertz CT molecular complexity index is 1160. The number of aryl methyl sites for hydroxylation is 1. The maximum atomic E-state index is 12.8. The van der Waals surface area contributed by atoms with Crippen molar-refractivity contribution in [2.45, 2.75) is 13.5 Å². The van der Waals surface area contributed by atoms with Gasteiger partial charge in [0.1, 0.15) is 5.75 Å². The van der Waals surface area contributed by atoms with Crippen molar-refractivity contribution in [1.29, 1.82) is 0 Å². The highest BCUT2D eigenvalue weighted by Crippen LogP contribution is 2.30. The smallest absolute Gasteiger partial charge is 0.261 e. The first-order chi connectivity index (χ1) is 14.1. The van der Waals surface area contributed by atoms with Crippen molar-refractivity contribution in [3.05, 3.63) is 76.2 Å². The highest BCUT2D eigenvalue weighted by Gasteiger charge is 2.16. The maximum absolute atomic E-state index is 12.8. The fourth-order valence-corrected chi connectivity index (χ4v) is 3.55. The number of nitrogens with one attached hydrogen (secondary N) is 1. The number of carbonyl (C=O) groups is 1. The minimum absolute atomic E-state index is 0.0928. The van der Waals surface area contributed by atoms with Crippen LogP contribution in [-0.2, 0) is 6.61 Å². The van der Waals surface area contributed by atoms with Gasteiger partial charge >= 0.3 is 0 Å². The summed E-state index contributed by atoms with van der Waals surface area (Å²) in [5, 5.41) is 9.50. The number of hydrogen-bond acceptors (Lipinski definition) is 7. The van der Waals surface area contributed by atoms with Crippen LogP contribution in [0.1, 0.15) is 22.1 Å². The molecule has 146 valence electrons. The van der Waals surface area contributed by atoms with Gasteiger partial charge in [0.2, 0.25) is 11.7 Å². The summed E-state index contributed by atoms with van der Waals surface area (Å²) in [6.07, 6.45) is 0. The number of hydrogen-bond donors (Lipinski definition) is 1. The largest absolute Gasteiger partial charge is 0.485 e. The molecule has 1 N–H and O–H groups in total. The summed E-state index contributed by atoms with van der Waals surface area (Å²) in [6.45, 7) is 1.79. The lowest BCUT2D eigenvalue weighted by atomic mass is 10.2. The fourth-order valence-electron chi connectivity index (χ4n) is 2.61. The first-order valence-electron chi connectivity index (χ1n) is 8.63. The molecular weight excluding hydrogens is 412 g/mol. The van der Waals surface area contributed by atoms with Gasteiger partial charge in [-0.2, -0.15) is 4.98 Å². The van der Waals surface area contributed by atoms with Gasteiger partial charge in [-0.25, -0.2) is 4.98 Å². The van der Waals surface area contributed by atoms with Crippen LogP contribution in [-0.4, -0.2) is 21.0 Å². The number of amides is 1. The van der Waals surface area contributed by atoms with E-state index in [9.17, 15) is 4.79 Å². The van der Waals surface area contributed by atoms with E-state index < -0.39 is 0 Å². The Labute approximate surface area is 175 Å². The SMILES string of the molecule is Cc1nc(COc2ccccc2C(=O)Nc2nc(-c3ccccc3Cl)cs2)no1. The molecular formula is C20H15ClN4O3S. The van der Waals surface area contributed by atoms with Gasteiger partial charge in [0, 0.05) is 22.9 Å². The zero-order valence-corrected chi connectivity index (χ0v) is 16.8. The lowest BCUT2D eigenvalue weighted by Crippen LogP contribution is -2.13. The van der Waals surface area contributed by atoms with Gasteiger partial charge in [-0.3, -0.25) is 10.1 Å². The summed E-state index contributed by atoms with van der Waals surface area (Å²) in [7, 11) is 0. The average molecular weight is 427 g/mol. The molecule has 4 aromatic rings. The van der Waals surface area contributed by atoms with Crippen LogP contribution < -0.4 is 10.1 Å². The second kappa shape index (κ2) is 8.42. The molecule has 0 aliphatic carbocycles. The molecule has 29 heavy (non-hydrogen) atoms. The first kappa shape index (κ1) is 19.1. The number of ether oxygens (including phenoxy) is 1. The second-order valence-electron chi connectivity index (χ2n) is 5.99. The van der Waals surface area contributed by atoms with Crippen LogP contribution in [0.4, 0.5) is 5.13 Å². The highest BCUT2D eigenvalue weighted by atomic mass is 35.5. The Morgan fingerprint density at radius 2 is 1.97 bits per heavy atom. The molecule has 0 fully saturated rings. The molecule has 0 saturated heterocycles. The third-order valence-corrected chi connectivity index (χ3v) is 5.02. The van der Waals surface area contributed by atoms with Crippen molar-refractivity contribution in [3.63, 3.8) is 0 Å². The molecule has 0 radical (unpaired) electrons. The van der Waals surface area contributed by atoms with Crippen molar-refractivity contribution in [3.8, 4) is 17.0 Å². The molecule has 7 nitrogen and oxygen atoms in total. The van der Waals surface area contributed by atoms with E-state index in [2.05, 4.69) is 20.4 Å². The van der Waals surface area contributed by atoms with E-state index in [0.29, 0.717) is 38.9 Å². The molecule has 2 heterocycles. The molecule has 1 amide bonds. The number of para-hydroxylation sites is 1. The zero-order valence-electron chi connectivity index (χ0n) is 15.3. The number of aromatic nitrogens is 3. The molecule has 0 aliphatic rings. The second-order valence-corrected chi connectivity index (χ2v) is 7.25. The molecule has 2 aromatic heterocycles. The van der Waals surface area contributed by atoms with Gasteiger partial charge in [-0.1, -0.05) is 47.1 Å². The third-order valence-electron chi connectivity index (χ3n) is 3.93. The maximum Gasteiger partial charge on any atom is 0.261 e. The van der Waals surface area contributed by atoms with E-state index in [1.165, 1.54) is 11.3 Å². The first-order valence-corrected chi connectivity index (χ1v) is 9.89. The zero-order chi connectivity index (χ0) is 20.2. The monoisotopic (exact) mass is 426 g/mol. The van der Waals surface area contributed by atoms with Gasteiger partial charge in [0.15, 0.2) is 11.7 Å². The lowest BCUT2D eigenvalue weighted by Gasteiger charge is -2.09. The highest BCUT2D eigenvalue weighted by molar-refractivity contribution is 7.14. The summed E-state index contributed by atoms with van der Waals surface area (Å²) >= 11 is 7.54. The standard InChI is InChI=1S/C20H15ClN4O3S/c1-12-22-18(25-28-12)10-27-17-9-5-3-7-14(17)19(26)24-20-23-16(11-29-20)13-6-2-4-8-15(13)21/h2-9,11H,10H2,1H3,(H,23,24,26). The number of nitrogens with zero attached hydrogens (tertiary/aromatic N) is 3.